The number of benzene rings is 2. The third-order valence-corrected chi connectivity index (χ3v) is 5.66. The number of ether oxygens (including phenoxy) is 1. The summed E-state index contributed by atoms with van der Waals surface area (Å²) in [5.41, 5.74) is 4.10. The molecule has 0 fully saturated rings. The Hall–Kier alpha value is -3.32. The van der Waals surface area contributed by atoms with Crippen molar-refractivity contribution in [2.75, 3.05) is 17.1 Å². The summed E-state index contributed by atoms with van der Waals surface area (Å²) < 4.78 is 34.9. The van der Waals surface area contributed by atoms with Crippen LogP contribution in [0, 0.1) is 6.92 Å². The monoisotopic (exact) mass is 407 g/mol. The molecule has 0 unspecified atom stereocenters. The van der Waals surface area contributed by atoms with Gasteiger partial charge in [-0.1, -0.05) is 30.3 Å². The molecule has 4 aromatic rings. The third-order valence-electron chi connectivity index (χ3n) is 4.41. The molecule has 0 saturated heterocycles. The molecule has 0 spiro atoms. The average molecular weight is 407 g/mol. The number of para-hydroxylation sites is 1. The summed E-state index contributed by atoms with van der Waals surface area (Å²) in [6.45, 7) is 2.09. The minimum absolute atomic E-state index is 0.0742. The Bertz CT molecular complexity index is 1230. The number of fused-ring (bicyclic) bond motifs is 1. The van der Waals surface area contributed by atoms with Gasteiger partial charge in [-0.05, 0) is 48.9 Å². The Morgan fingerprint density at radius 3 is 2.69 bits per heavy atom. The van der Waals surface area contributed by atoms with Crippen LogP contribution >= 0.6 is 0 Å². The van der Waals surface area contributed by atoms with Crippen LogP contribution in [0.4, 0.5) is 5.69 Å². The van der Waals surface area contributed by atoms with Crippen molar-refractivity contribution in [3.05, 3.63) is 84.7 Å². The summed E-state index contributed by atoms with van der Waals surface area (Å²) in [6, 6.07) is 20.4. The van der Waals surface area contributed by atoms with Crippen molar-refractivity contribution < 1.29 is 13.2 Å². The number of nitrogens with zero attached hydrogens (tertiary/aromatic N) is 2. The highest BCUT2D eigenvalue weighted by Gasteiger charge is 2.12. The number of hydrogen-bond acceptors (Lipinski definition) is 4. The lowest BCUT2D eigenvalue weighted by molar-refractivity contribution is 0.341. The number of pyridine rings is 1. The fourth-order valence-corrected chi connectivity index (χ4v) is 3.87. The van der Waals surface area contributed by atoms with Gasteiger partial charge in [0.15, 0.2) is 0 Å². The highest BCUT2D eigenvalue weighted by Crippen LogP contribution is 2.23. The Labute approximate surface area is 169 Å². The van der Waals surface area contributed by atoms with Gasteiger partial charge in [-0.2, -0.15) is 0 Å². The van der Waals surface area contributed by atoms with E-state index in [1.165, 1.54) is 0 Å². The maximum Gasteiger partial charge on any atom is 0.236 e. The smallest absolute Gasteiger partial charge is 0.236 e. The summed E-state index contributed by atoms with van der Waals surface area (Å²) in [6.07, 6.45) is 3.89. The number of anilines is 1. The van der Waals surface area contributed by atoms with E-state index in [2.05, 4.69) is 9.71 Å². The lowest BCUT2D eigenvalue weighted by Crippen LogP contribution is -2.21. The van der Waals surface area contributed by atoms with Gasteiger partial charge in [0.2, 0.25) is 10.0 Å². The summed E-state index contributed by atoms with van der Waals surface area (Å²) in [5.74, 6) is 0.506. The lowest BCUT2D eigenvalue weighted by atomic mass is 10.1. The topological polar surface area (TPSA) is 72.7 Å². The molecule has 2 aromatic carbocycles. The Balaban J connectivity index is 1.46. The SMILES string of the molecule is Cc1ccn2cc(-c3cccc(NS(=O)(=O)CCOc4ccccc4)c3)nc2c1. The van der Waals surface area contributed by atoms with Crippen molar-refractivity contribution in [3.63, 3.8) is 0 Å². The predicted molar refractivity (Wildman–Crippen MR) is 115 cm³/mol. The van der Waals surface area contributed by atoms with Crippen molar-refractivity contribution in [2.45, 2.75) is 6.92 Å². The Kier molecular flexibility index (Phi) is 5.22. The molecule has 0 bridgehead atoms. The predicted octanol–water partition coefficient (Wildman–Crippen LogP) is 4.13. The average Bonchev–Trinajstić information content (AvgIpc) is 3.12. The lowest BCUT2D eigenvalue weighted by Gasteiger charge is -2.10. The molecular formula is C22H21N3O3S. The number of hydrogen-bond donors (Lipinski definition) is 1. The molecule has 2 heterocycles. The van der Waals surface area contributed by atoms with Crippen LogP contribution < -0.4 is 9.46 Å². The number of rotatable bonds is 7. The molecule has 0 aliphatic carbocycles. The normalized spacial score (nSPS) is 11.5. The van der Waals surface area contributed by atoms with Gasteiger partial charge in [-0.3, -0.25) is 4.72 Å². The third kappa shape index (κ3) is 4.75. The van der Waals surface area contributed by atoms with Gasteiger partial charge in [0.25, 0.3) is 0 Å². The van der Waals surface area contributed by atoms with Gasteiger partial charge in [0, 0.05) is 23.6 Å². The Morgan fingerprint density at radius 1 is 1.03 bits per heavy atom. The molecule has 0 amide bonds. The van der Waals surface area contributed by atoms with E-state index in [9.17, 15) is 8.42 Å². The molecule has 1 N–H and O–H groups in total. The first-order chi connectivity index (χ1) is 14.0. The zero-order valence-electron chi connectivity index (χ0n) is 15.9. The number of nitrogens with one attached hydrogen (secondary N) is 1. The number of sulfonamides is 1. The second-order valence-corrected chi connectivity index (χ2v) is 8.60. The van der Waals surface area contributed by atoms with Gasteiger partial charge < -0.3 is 9.14 Å². The summed E-state index contributed by atoms with van der Waals surface area (Å²) in [7, 11) is -3.53. The van der Waals surface area contributed by atoms with Crippen molar-refractivity contribution in [1.29, 1.82) is 0 Å². The number of aryl methyl sites for hydroxylation is 1. The van der Waals surface area contributed by atoms with Gasteiger partial charge in [-0.25, -0.2) is 13.4 Å². The standard InChI is InChI=1S/C22H21N3O3S/c1-17-10-11-25-16-21(23-22(25)14-17)18-6-5-7-19(15-18)24-29(26,27)13-12-28-20-8-3-2-4-9-20/h2-11,14-16,24H,12-13H2,1H3. The van der Waals surface area contributed by atoms with Crippen molar-refractivity contribution >= 4 is 21.4 Å². The first kappa shape index (κ1) is 19.0. The van der Waals surface area contributed by atoms with E-state index in [-0.39, 0.29) is 12.4 Å². The van der Waals surface area contributed by atoms with Crippen LogP contribution in [0.3, 0.4) is 0 Å². The highest BCUT2D eigenvalue weighted by atomic mass is 32.2. The molecule has 6 nitrogen and oxygen atoms in total. The van der Waals surface area contributed by atoms with Crippen LogP contribution in [-0.2, 0) is 10.0 Å². The highest BCUT2D eigenvalue weighted by molar-refractivity contribution is 7.92. The minimum atomic E-state index is -3.53. The second kappa shape index (κ2) is 7.97. The van der Waals surface area contributed by atoms with Gasteiger partial charge >= 0.3 is 0 Å². The molecule has 0 atom stereocenters. The summed E-state index contributed by atoms with van der Waals surface area (Å²) in [4.78, 5) is 4.63. The minimum Gasteiger partial charge on any atom is -0.492 e. The van der Waals surface area contributed by atoms with E-state index >= 15 is 0 Å². The molecule has 0 saturated carbocycles. The molecule has 29 heavy (non-hydrogen) atoms. The molecule has 7 heteroatoms. The molecule has 148 valence electrons. The van der Waals surface area contributed by atoms with Crippen molar-refractivity contribution in [2.24, 2.45) is 0 Å². The molecule has 2 aromatic heterocycles. The quantitative estimate of drug-likeness (QED) is 0.500. The van der Waals surface area contributed by atoms with Gasteiger partial charge in [-0.15, -0.1) is 0 Å². The zero-order valence-corrected chi connectivity index (χ0v) is 16.8. The van der Waals surface area contributed by atoms with Crippen molar-refractivity contribution in [1.82, 2.24) is 9.38 Å². The van der Waals surface area contributed by atoms with Crippen LogP contribution in [0.25, 0.3) is 16.9 Å². The van der Waals surface area contributed by atoms with Crippen LogP contribution in [-0.4, -0.2) is 30.2 Å². The van der Waals surface area contributed by atoms with E-state index < -0.39 is 10.0 Å². The number of aromatic nitrogens is 2. The van der Waals surface area contributed by atoms with E-state index in [1.807, 2.05) is 66.2 Å². The van der Waals surface area contributed by atoms with E-state index in [0.29, 0.717) is 11.4 Å². The summed E-state index contributed by atoms with van der Waals surface area (Å²) >= 11 is 0. The number of imidazole rings is 1. The van der Waals surface area contributed by atoms with Gasteiger partial charge in [0.1, 0.15) is 23.8 Å². The molecular weight excluding hydrogens is 386 g/mol. The fourth-order valence-electron chi connectivity index (χ4n) is 2.98. The van der Waals surface area contributed by atoms with Crippen LogP contribution in [0.5, 0.6) is 5.75 Å². The maximum atomic E-state index is 12.4. The van der Waals surface area contributed by atoms with Crippen LogP contribution in [0.2, 0.25) is 0 Å². The van der Waals surface area contributed by atoms with Crippen molar-refractivity contribution in [3.8, 4) is 17.0 Å². The largest absolute Gasteiger partial charge is 0.492 e. The van der Waals surface area contributed by atoms with E-state index in [4.69, 9.17) is 4.74 Å². The summed E-state index contributed by atoms with van der Waals surface area (Å²) in [5, 5.41) is 0. The Morgan fingerprint density at radius 2 is 1.86 bits per heavy atom. The molecule has 4 rings (SSSR count). The van der Waals surface area contributed by atoms with Crippen LogP contribution in [0.15, 0.2) is 79.1 Å². The first-order valence-electron chi connectivity index (χ1n) is 9.23. The fraction of sp³-hybridized carbons (Fsp3) is 0.136. The van der Waals surface area contributed by atoms with Gasteiger partial charge in [0.05, 0.1) is 5.69 Å². The molecule has 0 aliphatic heterocycles. The molecule has 0 aliphatic rings. The molecule has 0 radical (unpaired) electrons. The van der Waals surface area contributed by atoms with E-state index in [1.54, 1.807) is 24.3 Å². The maximum absolute atomic E-state index is 12.4. The zero-order chi connectivity index (χ0) is 20.3. The van der Waals surface area contributed by atoms with Crippen LogP contribution in [0.1, 0.15) is 5.56 Å². The second-order valence-electron chi connectivity index (χ2n) is 6.76. The first-order valence-corrected chi connectivity index (χ1v) is 10.9. The van der Waals surface area contributed by atoms with E-state index in [0.717, 1.165) is 22.5 Å².